The van der Waals surface area contributed by atoms with E-state index in [0.717, 1.165) is 10.8 Å². The van der Waals surface area contributed by atoms with Crippen molar-refractivity contribution in [3.8, 4) is 5.75 Å². The lowest BCUT2D eigenvalue weighted by Gasteiger charge is -2.12. The van der Waals surface area contributed by atoms with E-state index in [2.05, 4.69) is 0 Å². The Hall–Kier alpha value is -0.690. The topological polar surface area (TPSA) is 9.23 Å². The SMILES string of the molecule is Clc1ccc(OC2CCCC2)cc1. The Kier molecular flexibility index (Phi) is 2.74. The molecule has 1 saturated carbocycles. The molecule has 13 heavy (non-hydrogen) atoms. The zero-order valence-corrected chi connectivity index (χ0v) is 8.26. The fraction of sp³-hybridized carbons (Fsp3) is 0.455. The molecule has 0 radical (unpaired) electrons. The maximum atomic E-state index is 5.77. The average Bonchev–Trinajstić information content (AvgIpc) is 2.62. The van der Waals surface area contributed by atoms with Crippen LogP contribution in [0.25, 0.3) is 0 Å². The largest absolute Gasteiger partial charge is 0.490 e. The molecule has 1 aromatic rings. The lowest BCUT2D eigenvalue weighted by atomic mass is 10.3. The normalized spacial score (nSPS) is 17.6. The highest BCUT2D eigenvalue weighted by Gasteiger charge is 2.15. The van der Waals surface area contributed by atoms with Crippen molar-refractivity contribution in [3.63, 3.8) is 0 Å². The Morgan fingerprint density at radius 1 is 1.08 bits per heavy atom. The first-order chi connectivity index (χ1) is 6.34. The molecule has 70 valence electrons. The molecule has 0 heterocycles. The van der Waals surface area contributed by atoms with Crippen molar-refractivity contribution < 1.29 is 4.74 Å². The molecular weight excluding hydrogens is 184 g/mol. The summed E-state index contributed by atoms with van der Waals surface area (Å²) in [7, 11) is 0. The lowest BCUT2D eigenvalue weighted by Crippen LogP contribution is -2.10. The Labute approximate surface area is 83.7 Å². The van der Waals surface area contributed by atoms with Crippen LogP contribution < -0.4 is 4.74 Å². The van der Waals surface area contributed by atoms with E-state index in [1.54, 1.807) is 0 Å². The summed E-state index contributed by atoms with van der Waals surface area (Å²) in [6, 6.07) is 7.60. The van der Waals surface area contributed by atoms with Crippen LogP contribution in [0.15, 0.2) is 24.3 Å². The third-order valence-electron chi connectivity index (χ3n) is 2.42. The fourth-order valence-corrected chi connectivity index (χ4v) is 1.84. The number of ether oxygens (including phenoxy) is 1. The van der Waals surface area contributed by atoms with Gasteiger partial charge in [0.15, 0.2) is 0 Å². The van der Waals surface area contributed by atoms with Gasteiger partial charge in [0.2, 0.25) is 0 Å². The van der Waals surface area contributed by atoms with E-state index in [0.29, 0.717) is 6.10 Å². The van der Waals surface area contributed by atoms with Crippen LogP contribution in [-0.4, -0.2) is 6.10 Å². The van der Waals surface area contributed by atoms with E-state index in [1.165, 1.54) is 25.7 Å². The van der Waals surface area contributed by atoms with Crippen LogP contribution in [0, 0.1) is 0 Å². The first-order valence-electron chi connectivity index (χ1n) is 4.77. The van der Waals surface area contributed by atoms with Gasteiger partial charge in [0.05, 0.1) is 6.10 Å². The molecular formula is C11H13ClO. The van der Waals surface area contributed by atoms with E-state index in [1.807, 2.05) is 24.3 Å². The van der Waals surface area contributed by atoms with Gasteiger partial charge in [-0.1, -0.05) is 11.6 Å². The standard InChI is InChI=1S/C11H13ClO/c12-9-5-7-11(8-6-9)13-10-3-1-2-4-10/h5-8,10H,1-4H2. The highest BCUT2D eigenvalue weighted by atomic mass is 35.5. The first-order valence-corrected chi connectivity index (χ1v) is 5.14. The number of hydrogen-bond acceptors (Lipinski definition) is 1. The van der Waals surface area contributed by atoms with Crippen molar-refractivity contribution in [2.75, 3.05) is 0 Å². The van der Waals surface area contributed by atoms with Crippen LogP contribution in [0.3, 0.4) is 0 Å². The van der Waals surface area contributed by atoms with Gasteiger partial charge in [-0.3, -0.25) is 0 Å². The van der Waals surface area contributed by atoms with Gasteiger partial charge in [-0.2, -0.15) is 0 Å². The smallest absolute Gasteiger partial charge is 0.119 e. The zero-order chi connectivity index (χ0) is 9.10. The molecule has 1 aliphatic rings. The summed E-state index contributed by atoms with van der Waals surface area (Å²) in [6.45, 7) is 0. The monoisotopic (exact) mass is 196 g/mol. The molecule has 2 heteroatoms. The van der Waals surface area contributed by atoms with E-state index >= 15 is 0 Å². The predicted octanol–water partition coefficient (Wildman–Crippen LogP) is 3.66. The van der Waals surface area contributed by atoms with Gasteiger partial charge in [0.1, 0.15) is 5.75 Å². The van der Waals surface area contributed by atoms with Crippen LogP contribution in [0.5, 0.6) is 5.75 Å². The quantitative estimate of drug-likeness (QED) is 0.702. The zero-order valence-electron chi connectivity index (χ0n) is 7.50. The molecule has 0 N–H and O–H groups in total. The van der Waals surface area contributed by atoms with Crippen molar-refractivity contribution in [1.29, 1.82) is 0 Å². The van der Waals surface area contributed by atoms with Crippen molar-refractivity contribution in [1.82, 2.24) is 0 Å². The molecule has 1 aliphatic carbocycles. The summed E-state index contributed by atoms with van der Waals surface area (Å²) in [4.78, 5) is 0. The molecule has 0 saturated heterocycles. The number of hydrogen-bond donors (Lipinski definition) is 0. The minimum Gasteiger partial charge on any atom is -0.490 e. The van der Waals surface area contributed by atoms with Gasteiger partial charge >= 0.3 is 0 Å². The summed E-state index contributed by atoms with van der Waals surface area (Å²) in [5.74, 6) is 0.941. The molecule has 0 unspecified atom stereocenters. The van der Waals surface area contributed by atoms with Gasteiger partial charge < -0.3 is 4.74 Å². The number of benzene rings is 1. The maximum Gasteiger partial charge on any atom is 0.119 e. The fourth-order valence-electron chi connectivity index (χ4n) is 1.71. The van der Waals surface area contributed by atoms with Gasteiger partial charge in [0, 0.05) is 5.02 Å². The summed E-state index contributed by atoms with van der Waals surface area (Å²) in [5, 5.41) is 0.763. The van der Waals surface area contributed by atoms with Crippen molar-refractivity contribution >= 4 is 11.6 Å². The molecule has 0 aliphatic heterocycles. The molecule has 1 aromatic carbocycles. The summed E-state index contributed by atoms with van der Waals surface area (Å²) in [6.07, 6.45) is 5.43. The Bertz CT molecular complexity index is 262. The van der Waals surface area contributed by atoms with Crippen LogP contribution >= 0.6 is 11.6 Å². The van der Waals surface area contributed by atoms with Crippen LogP contribution in [-0.2, 0) is 0 Å². The van der Waals surface area contributed by atoms with Crippen molar-refractivity contribution in [3.05, 3.63) is 29.3 Å². The first kappa shape index (κ1) is 8.89. The van der Waals surface area contributed by atoms with Crippen LogP contribution in [0.4, 0.5) is 0 Å². The van der Waals surface area contributed by atoms with Crippen LogP contribution in [0.2, 0.25) is 5.02 Å². The molecule has 0 spiro atoms. The van der Waals surface area contributed by atoms with Crippen molar-refractivity contribution in [2.24, 2.45) is 0 Å². The summed E-state index contributed by atoms with van der Waals surface area (Å²) < 4.78 is 5.77. The molecule has 1 nitrogen and oxygen atoms in total. The third kappa shape index (κ3) is 2.38. The number of halogens is 1. The van der Waals surface area contributed by atoms with E-state index in [4.69, 9.17) is 16.3 Å². The lowest BCUT2D eigenvalue weighted by molar-refractivity contribution is 0.210. The Morgan fingerprint density at radius 2 is 1.69 bits per heavy atom. The molecule has 0 amide bonds. The predicted molar refractivity (Wildman–Crippen MR) is 54.3 cm³/mol. The Morgan fingerprint density at radius 3 is 2.31 bits per heavy atom. The van der Waals surface area contributed by atoms with Crippen LogP contribution in [0.1, 0.15) is 25.7 Å². The van der Waals surface area contributed by atoms with E-state index in [9.17, 15) is 0 Å². The third-order valence-corrected chi connectivity index (χ3v) is 2.67. The van der Waals surface area contributed by atoms with Gasteiger partial charge in [-0.25, -0.2) is 0 Å². The summed E-state index contributed by atoms with van der Waals surface area (Å²) in [5.41, 5.74) is 0. The van der Waals surface area contributed by atoms with Gasteiger partial charge in [-0.05, 0) is 49.9 Å². The minimum atomic E-state index is 0.432. The maximum absolute atomic E-state index is 5.77. The number of rotatable bonds is 2. The molecule has 0 aromatic heterocycles. The van der Waals surface area contributed by atoms with E-state index < -0.39 is 0 Å². The van der Waals surface area contributed by atoms with Gasteiger partial charge in [-0.15, -0.1) is 0 Å². The van der Waals surface area contributed by atoms with E-state index in [-0.39, 0.29) is 0 Å². The second-order valence-corrected chi connectivity index (χ2v) is 3.91. The highest BCUT2D eigenvalue weighted by Crippen LogP contribution is 2.24. The average molecular weight is 197 g/mol. The minimum absolute atomic E-state index is 0.432. The highest BCUT2D eigenvalue weighted by molar-refractivity contribution is 6.30. The second kappa shape index (κ2) is 4.01. The molecule has 0 bridgehead atoms. The van der Waals surface area contributed by atoms with Gasteiger partial charge in [0.25, 0.3) is 0 Å². The molecule has 0 atom stereocenters. The summed E-state index contributed by atoms with van der Waals surface area (Å²) >= 11 is 5.77. The Balaban J connectivity index is 1.97. The second-order valence-electron chi connectivity index (χ2n) is 3.48. The molecule has 1 fully saturated rings. The van der Waals surface area contributed by atoms with Crippen molar-refractivity contribution in [2.45, 2.75) is 31.8 Å². The molecule has 2 rings (SSSR count).